The van der Waals surface area contributed by atoms with Crippen LogP contribution in [0.3, 0.4) is 0 Å². The molecule has 0 N–H and O–H groups in total. The van der Waals surface area contributed by atoms with Gasteiger partial charge in [-0.2, -0.15) is 0 Å². The van der Waals surface area contributed by atoms with Gasteiger partial charge >= 0.3 is 0 Å². The monoisotopic (exact) mass is 254 g/mol. The molecule has 2 saturated carbocycles. The zero-order chi connectivity index (χ0) is 12.1. The molecule has 0 aliphatic heterocycles. The lowest BCUT2D eigenvalue weighted by Gasteiger charge is -2.41. The third-order valence-corrected chi connectivity index (χ3v) is 6.05. The second-order valence-electron chi connectivity index (χ2n) is 6.31. The SMILES string of the molecule is CC(O[SiH3])C(C1CCCCC1)C1CCCCC1. The Bertz CT molecular complexity index is 189. The molecule has 1 unspecified atom stereocenters. The smallest absolute Gasteiger partial charge is 0.146 e. The number of rotatable bonds is 4. The zero-order valence-electron chi connectivity index (χ0n) is 11.8. The summed E-state index contributed by atoms with van der Waals surface area (Å²) in [5.74, 6) is 2.85. The Morgan fingerprint density at radius 3 is 1.59 bits per heavy atom. The highest BCUT2D eigenvalue weighted by molar-refractivity contribution is 5.98. The van der Waals surface area contributed by atoms with Gasteiger partial charge in [0.15, 0.2) is 0 Å². The molecule has 0 heterocycles. The summed E-state index contributed by atoms with van der Waals surface area (Å²) in [6.45, 7) is 2.35. The second-order valence-corrected chi connectivity index (χ2v) is 6.79. The fourth-order valence-electron chi connectivity index (χ4n) is 4.35. The molecule has 2 aliphatic carbocycles. The van der Waals surface area contributed by atoms with Gasteiger partial charge in [-0.05, 0) is 24.7 Å². The molecule has 1 atom stereocenters. The molecule has 0 spiro atoms. The van der Waals surface area contributed by atoms with Crippen LogP contribution in [0.4, 0.5) is 0 Å². The van der Waals surface area contributed by atoms with Crippen molar-refractivity contribution in [2.24, 2.45) is 17.8 Å². The highest BCUT2D eigenvalue weighted by Crippen LogP contribution is 2.42. The largest absolute Gasteiger partial charge is 0.425 e. The summed E-state index contributed by atoms with van der Waals surface area (Å²) in [5, 5.41) is 0. The van der Waals surface area contributed by atoms with E-state index in [9.17, 15) is 0 Å². The van der Waals surface area contributed by atoms with Crippen LogP contribution < -0.4 is 0 Å². The van der Waals surface area contributed by atoms with Crippen molar-refractivity contribution in [3.63, 3.8) is 0 Å². The fourth-order valence-corrected chi connectivity index (χ4v) is 4.66. The normalized spacial score (nSPS) is 26.5. The average molecular weight is 254 g/mol. The first-order valence-corrected chi connectivity index (χ1v) is 8.67. The molecule has 0 saturated heterocycles. The average Bonchev–Trinajstić information content (AvgIpc) is 2.41. The number of hydrogen-bond donors (Lipinski definition) is 0. The Hall–Kier alpha value is 0.177. The Kier molecular flexibility index (Phi) is 5.55. The van der Waals surface area contributed by atoms with E-state index in [0.717, 1.165) is 28.2 Å². The van der Waals surface area contributed by atoms with E-state index in [-0.39, 0.29) is 0 Å². The lowest BCUT2D eigenvalue weighted by Crippen LogP contribution is -2.36. The van der Waals surface area contributed by atoms with Gasteiger partial charge in [0.1, 0.15) is 10.5 Å². The summed E-state index contributed by atoms with van der Waals surface area (Å²) < 4.78 is 5.86. The molecule has 2 aliphatic rings. The van der Waals surface area contributed by atoms with Crippen molar-refractivity contribution in [2.45, 2.75) is 77.2 Å². The molecule has 0 aromatic rings. The third kappa shape index (κ3) is 3.57. The van der Waals surface area contributed by atoms with E-state index in [1.54, 1.807) is 0 Å². The van der Waals surface area contributed by atoms with E-state index < -0.39 is 0 Å². The topological polar surface area (TPSA) is 9.23 Å². The Morgan fingerprint density at radius 2 is 1.24 bits per heavy atom. The summed E-state index contributed by atoms with van der Waals surface area (Å²) in [5.41, 5.74) is 0. The molecular weight excluding hydrogens is 224 g/mol. The quantitative estimate of drug-likeness (QED) is 0.698. The molecule has 2 heteroatoms. The van der Waals surface area contributed by atoms with Crippen LogP contribution in [0, 0.1) is 17.8 Å². The summed E-state index contributed by atoms with van der Waals surface area (Å²) in [7, 11) is 0.912. The van der Waals surface area contributed by atoms with Gasteiger partial charge in [0.05, 0.1) is 0 Å². The van der Waals surface area contributed by atoms with Crippen molar-refractivity contribution < 1.29 is 4.43 Å². The van der Waals surface area contributed by atoms with Crippen LogP contribution in [0.5, 0.6) is 0 Å². The van der Waals surface area contributed by atoms with Gasteiger partial charge in [0, 0.05) is 6.10 Å². The van der Waals surface area contributed by atoms with Gasteiger partial charge in [-0.15, -0.1) is 0 Å². The highest BCUT2D eigenvalue weighted by atomic mass is 28.2. The standard InChI is InChI=1S/C15H30OSi/c1-12(16-17)15(13-8-4-2-5-9-13)14-10-6-3-7-11-14/h12-15H,2-11H2,1,17H3. The maximum Gasteiger partial charge on any atom is 0.146 e. The van der Waals surface area contributed by atoms with E-state index in [2.05, 4.69) is 6.92 Å². The minimum absolute atomic E-state index is 0.535. The number of hydrogen-bond acceptors (Lipinski definition) is 1. The van der Waals surface area contributed by atoms with Crippen LogP contribution in [0.25, 0.3) is 0 Å². The van der Waals surface area contributed by atoms with Gasteiger partial charge in [-0.1, -0.05) is 64.2 Å². The molecule has 0 aromatic carbocycles. The van der Waals surface area contributed by atoms with Gasteiger partial charge in [-0.3, -0.25) is 0 Å². The molecule has 100 valence electrons. The Balaban J connectivity index is 2.00. The van der Waals surface area contributed by atoms with Gasteiger partial charge in [0.2, 0.25) is 0 Å². The van der Waals surface area contributed by atoms with Crippen LogP contribution in [0.1, 0.15) is 71.1 Å². The van der Waals surface area contributed by atoms with E-state index in [1.807, 2.05) is 0 Å². The van der Waals surface area contributed by atoms with Crippen molar-refractivity contribution in [2.75, 3.05) is 0 Å². The predicted octanol–water partition coefficient (Wildman–Crippen LogP) is 3.45. The minimum atomic E-state index is 0.535. The molecule has 2 rings (SSSR count). The molecule has 17 heavy (non-hydrogen) atoms. The van der Waals surface area contributed by atoms with Crippen molar-refractivity contribution in [3.05, 3.63) is 0 Å². The molecule has 0 amide bonds. The van der Waals surface area contributed by atoms with E-state index in [1.165, 1.54) is 64.2 Å². The maximum absolute atomic E-state index is 5.86. The Labute approximate surface area is 110 Å². The molecule has 2 fully saturated rings. The van der Waals surface area contributed by atoms with Crippen molar-refractivity contribution in [1.82, 2.24) is 0 Å². The van der Waals surface area contributed by atoms with E-state index in [0.29, 0.717) is 6.10 Å². The first-order valence-electron chi connectivity index (χ1n) is 7.85. The third-order valence-electron chi connectivity index (χ3n) is 5.30. The lowest BCUT2D eigenvalue weighted by molar-refractivity contribution is 0.0399. The predicted molar refractivity (Wildman–Crippen MR) is 77.1 cm³/mol. The van der Waals surface area contributed by atoms with Gasteiger partial charge in [0.25, 0.3) is 0 Å². The Morgan fingerprint density at radius 1 is 0.824 bits per heavy atom. The maximum atomic E-state index is 5.86. The van der Waals surface area contributed by atoms with Crippen molar-refractivity contribution in [1.29, 1.82) is 0 Å². The summed E-state index contributed by atoms with van der Waals surface area (Å²) in [4.78, 5) is 0. The first kappa shape index (κ1) is 13.6. The molecule has 0 bridgehead atoms. The van der Waals surface area contributed by atoms with Crippen LogP contribution in [0.15, 0.2) is 0 Å². The van der Waals surface area contributed by atoms with Crippen LogP contribution >= 0.6 is 0 Å². The molecular formula is C15H30OSi. The van der Waals surface area contributed by atoms with Crippen LogP contribution in [-0.4, -0.2) is 16.6 Å². The highest BCUT2D eigenvalue weighted by Gasteiger charge is 2.34. The lowest BCUT2D eigenvalue weighted by atomic mass is 9.68. The molecule has 0 radical (unpaired) electrons. The summed E-state index contributed by atoms with van der Waals surface area (Å²) in [6, 6.07) is 0. The summed E-state index contributed by atoms with van der Waals surface area (Å²) >= 11 is 0. The van der Waals surface area contributed by atoms with E-state index in [4.69, 9.17) is 4.43 Å². The second kappa shape index (κ2) is 6.94. The van der Waals surface area contributed by atoms with Crippen molar-refractivity contribution in [3.8, 4) is 0 Å². The van der Waals surface area contributed by atoms with Crippen molar-refractivity contribution >= 4 is 10.5 Å². The van der Waals surface area contributed by atoms with Gasteiger partial charge in [-0.25, -0.2) is 0 Å². The summed E-state index contributed by atoms with van der Waals surface area (Å²) in [6.07, 6.45) is 15.3. The van der Waals surface area contributed by atoms with Crippen LogP contribution in [0.2, 0.25) is 0 Å². The van der Waals surface area contributed by atoms with Crippen LogP contribution in [-0.2, 0) is 4.43 Å². The van der Waals surface area contributed by atoms with Gasteiger partial charge < -0.3 is 4.43 Å². The molecule has 0 aromatic heterocycles. The first-order chi connectivity index (χ1) is 8.33. The minimum Gasteiger partial charge on any atom is -0.425 e. The van der Waals surface area contributed by atoms with E-state index >= 15 is 0 Å². The fraction of sp³-hybridized carbons (Fsp3) is 1.00. The molecule has 1 nitrogen and oxygen atoms in total. The zero-order valence-corrected chi connectivity index (χ0v) is 13.8.